The maximum atomic E-state index is 6.85. The molecule has 0 radical (unpaired) electrons. The molecule has 304 valence electrons. The van der Waals surface area contributed by atoms with E-state index in [-0.39, 0.29) is 0 Å². The maximum Gasteiger partial charge on any atom is 0.143 e. The topological polar surface area (TPSA) is 21.3 Å². The number of hydrogen-bond acceptors (Lipinski definition) is 2. The Morgan fingerprint density at radius 3 is 1.69 bits per heavy atom. The van der Waals surface area contributed by atoms with E-state index in [0.29, 0.717) is 0 Å². The standard InChI is InChI=1S/C62H40N2O/c1-3-22-49-42(15-1)17-13-28-52(49)53-24-5-8-30-58(53)63(47-20-12-19-45(40-47)51-27-14-29-56-57-38-35-43-16-2-4-23-50(43)61(57)65-62(51)56)46-36-33-41(34-37-46)44-18-11-21-48(39-44)64-59-31-9-6-25-54(59)55-26-7-10-32-60(55)64/h1-40H. The van der Waals surface area contributed by atoms with Crippen LogP contribution in [0.15, 0.2) is 247 Å². The van der Waals surface area contributed by atoms with Gasteiger partial charge in [-0.1, -0.05) is 182 Å². The molecule has 65 heavy (non-hydrogen) atoms. The molecule has 2 heterocycles. The van der Waals surface area contributed by atoms with Crippen LogP contribution < -0.4 is 4.90 Å². The summed E-state index contributed by atoms with van der Waals surface area (Å²) in [5.74, 6) is 0. The summed E-state index contributed by atoms with van der Waals surface area (Å²) < 4.78 is 9.24. The molecule has 3 heteroatoms. The van der Waals surface area contributed by atoms with Gasteiger partial charge in [0.25, 0.3) is 0 Å². The van der Waals surface area contributed by atoms with Crippen molar-refractivity contribution < 1.29 is 4.42 Å². The van der Waals surface area contributed by atoms with Crippen LogP contribution >= 0.6 is 0 Å². The fourth-order valence-electron chi connectivity index (χ4n) is 10.2. The SMILES string of the molecule is c1cc(-c2cccc3c2oc2c4ccccc4ccc32)cc(N(c2ccc(-c3cccc(-n4c5ccccc5c5ccccc54)c3)cc2)c2ccccc2-c2cccc3ccccc23)c1. The van der Waals surface area contributed by atoms with Crippen LogP contribution in [-0.4, -0.2) is 4.57 Å². The lowest BCUT2D eigenvalue weighted by molar-refractivity contribution is 0.674. The van der Waals surface area contributed by atoms with Crippen molar-refractivity contribution in [2.45, 2.75) is 0 Å². The molecule has 0 aliphatic rings. The molecule has 0 saturated carbocycles. The minimum atomic E-state index is 0.895. The van der Waals surface area contributed by atoms with Gasteiger partial charge in [0.15, 0.2) is 0 Å². The lowest BCUT2D eigenvalue weighted by Gasteiger charge is -2.29. The molecule has 3 nitrogen and oxygen atoms in total. The Morgan fingerprint density at radius 2 is 0.877 bits per heavy atom. The van der Waals surface area contributed by atoms with E-state index in [0.717, 1.165) is 77.9 Å². The number of furan rings is 1. The highest BCUT2D eigenvalue weighted by Crippen LogP contribution is 2.45. The number of para-hydroxylation sites is 4. The number of aromatic nitrogens is 1. The van der Waals surface area contributed by atoms with E-state index < -0.39 is 0 Å². The third kappa shape index (κ3) is 6.05. The molecular weight excluding hydrogens is 789 g/mol. The highest BCUT2D eigenvalue weighted by Gasteiger charge is 2.21. The number of anilines is 3. The molecule has 0 fully saturated rings. The van der Waals surface area contributed by atoms with Gasteiger partial charge in [-0.15, -0.1) is 0 Å². The van der Waals surface area contributed by atoms with Crippen molar-refractivity contribution in [2.75, 3.05) is 4.90 Å². The van der Waals surface area contributed by atoms with Crippen LogP contribution in [-0.2, 0) is 0 Å². The normalized spacial score (nSPS) is 11.7. The van der Waals surface area contributed by atoms with Crippen molar-refractivity contribution in [1.82, 2.24) is 4.57 Å². The minimum absolute atomic E-state index is 0.895. The third-order valence-electron chi connectivity index (χ3n) is 13.2. The highest BCUT2D eigenvalue weighted by atomic mass is 16.3. The Kier molecular flexibility index (Phi) is 8.53. The number of hydrogen-bond donors (Lipinski definition) is 0. The molecular formula is C62H40N2O. The summed E-state index contributed by atoms with van der Waals surface area (Å²) in [5, 5.41) is 9.49. The van der Waals surface area contributed by atoms with E-state index in [1.54, 1.807) is 0 Å². The molecule has 0 spiro atoms. The third-order valence-corrected chi connectivity index (χ3v) is 13.2. The average Bonchev–Trinajstić information content (AvgIpc) is 3.93. The summed E-state index contributed by atoms with van der Waals surface area (Å²) in [6.45, 7) is 0. The van der Waals surface area contributed by atoms with E-state index in [9.17, 15) is 0 Å². The van der Waals surface area contributed by atoms with Gasteiger partial charge in [0.05, 0.1) is 16.7 Å². The zero-order chi connectivity index (χ0) is 42.8. The summed E-state index contributed by atoms with van der Waals surface area (Å²) in [5.41, 5.74) is 15.4. The molecule has 0 N–H and O–H groups in total. The van der Waals surface area contributed by atoms with Crippen molar-refractivity contribution >= 4 is 82.4 Å². The van der Waals surface area contributed by atoms with Gasteiger partial charge in [-0.3, -0.25) is 0 Å². The fourth-order valence-corrected chi connectivity index (χ4v) is 10.2. The zero-order valence-corrected chi connectivity index (χ0v) is 35.4. The van der Waals surface area contributed by atoms with Gasteiger partial charge in [0.1, 0.15) is 11.2 Å². The second kappa shape index (κ2) is 15.0. The van der Waals surface area contributed by atoms with E-state index >= 15 is 0 Å². The Labute approximate surface area is 376 Å². The van der Waals surface area contributed by atoms with Crippen LogP contribution in [0.2, 0.25) is 0 Å². The van der Waals surface area contributed by atoms with Crippen molar-refractivity contribution in [1.29, 1.82) is 0 Å². The molecule has 0 saturated heterocycles. The molecule has 0 amide bonds. The highest BCUT2D eigenvalue weighted by molar-refractivity contribution is 6.17. The molecule has 0 aliphatic heterocycles. The van der Waals surface area contributed by atoms with E-state index in [4.69, 9.17) is 4.42 Å². The molecule has 0 bridgehead atoms. The van der Waals surface area contributed by atoms with Gasteiger partial charge in [0.2, 0.25) is 0 Å². The first-order valence-corrected chi connectivity index (χ1v) is 22.2. The van der Waals surface area contributed by atoms with Crippen molar-refractivity contribution in [3.8, 4) is 39.1 Å². The van der Waals surface area contributed by atoms with Gasteiger partial charge >= 0.3 is 0 Å². The second-order valence-electron chi connectivity index (χ2n) is 16.8. The first kappa shape index (κ1) is 36.9. The molecule has 0 aliphatic carbocycles. The van der Waals surface area contributed by atoms with Gasteiger partial charge in [-0.2, -0.15) is 0 Å². The van der Waals surface area contributed by atoms with Gasteiger partial charge in [-0.25, -0.2) is 0 Å². The van der Waals surface area contributed by atoms with Crippen LogP contribution in [0.3, 0.4) is 0 Å². The number of nitrogens with zero attached hydrogens (tertiary/aromatic N) is 2. The van der Waals surface area contributed by atoms with E-state index in [2.05, 4.69) is 252 Å². The summed E-state index contributed by atoms with van der Waals surface area (Å²) >= 11 is 0. The Balaban J connectivity index is 0.962. The molecule has 0 atom stereocenters. The molecule has 0 unspecified atom stereocenters. The summed E-state index contributed by atoms with van der Waals surface area (Å²) in [6, 6.07) is 87.7. The number of fused-ring (bicyclic) bond motifs is 9. The zero-order valence-electron chi connectivity index (χ0n) is 35.4. The summed E-state index contributed by atoms with van der Waals surface area (Å²) in [6.07, 6.45) is 0. The van der Waals surface area contributed by atoms with Crippen molar-refractivity contribution in [3.63, 3.8) is 0 Å². The lowest BCUT2D eigenvalue weighted by Crippen LogP contribution is -2.11. The molecule has 11 aromatic carbocycles. The Morgan fingerprint density at radius 1 is 0.308 bits per heavy atom. The van der Waals surface area contributed by atoms with Crippen LogP contribution in [0, 0.1) is 0 Å². The fraction of sp³-hybridized carbons (Fsp3) is 0. The van der Waals surface area contributed by atoms with E-state index in [1.165, 1.54) is 43.5 Å². The molecule has 13 aromatic rings. The Hall–Kier alpha value is -8.66. The molecule has 2 aromatic heterocycles. The minimum Gasteiger partial charge on any atom is -0.455 e. The predicted octanol–water partition coefficient (Wildman–Crippen LogP) is 17.5. The van der Waals surface area contributed by atoms with Crippen molar-refractivity contribution in [2.24, 2.45) is 0 Å². The first-order chi connectivity index (χ1) is 32.2. The monoisotopic (exact) mass is 828 g/mol. The lowest BCUT2D eigenvalue weighted by atomic mass is 9.95. The van der Waals surface area contributed by atoms with Gasteiger partial charge in [0, 0.05) is 55.1 Å². The van der Waals surface area contributed by atoms with Crippen molar-refractivity contribution in [3.05, 3.63) is 243 Å². The Bertz CT molecular complexity index is 3910. The average molecular weight is 829 g/mol. The number of benzene rings is 11. The van der Waals surface area contributed by atoms with Crippen LogP contribution in [0.25, 0.3) is 104 Å². The predicted molar refractivity (Wildman–Crippen MR) is 274 cm³/mol. The van der Waals surface area contributed by atoms with Gasteiger partial charge < -0.3 is 13.9 Å². The maximum absolute atomic E-state index is 6.85. The van der Waals surface area contributed by atoms with Crippen LogP contribution in [0.4, 0.5) is 17.1 Å². The van der Waals surface area contributed by atoms with Crippen LogP contribution in [0.5, 0.6) is 0 Å². The van der Waals surface area contributed by atoms with Gasteiger partial charge in [-0.05, 0) is 99.1 Å². The van der Waals surface area contributed by atoms with Crippen LogP contribution in [0.1, 0.15) is 0 Å². The summed E-state index contributed by atoms with van der Waals surface area (Å²) in [4.78, 5) is 2.41. The first-order valence-electron chi connectivity index (χ1n) is 22.2. The number of rotatable bonds is 7. The second-order valence-corrected chi connectivity index (χ2v) is 16.8. The smallest absolute Gasteiger partial charge is 0.143 e. The summed E-state index contributed by atoms with van der Waals surface area (Å²) in [7, 11) is 0. The largest absolute Gasteiger partial charge is 0.455 e. The quantitative estimate of drug-likeness (QED) is 0.160. The van der Waals surface area contributed by atoms with E-state index in [1.807, 2.05) is 0 Å². The molecule has 13 rings (SSSR count).